The molecule has 1 atom stereocenters. The molecule has 1 amide bonds. The van der Waals surface area contributed by atoms with E-state index in [4.69, 9.17) is 27.9 Å². The number of morpholine rings is 1. The first-order valence-corrected chi connectivity index (χ1v) is 7.31. The quantitative estimate of drug-likeness (QED) is 0.923. The smallest absolute Gasteiger partial charge is 0.224 e. The summed E-state index contributed by atoms with van der Waals surface area (Å²) in [5, 5.41) is 3.96. The Kier molecular flexibility index (Phi) is 5.66. The van der Waals surface area contributed by atoms with Crippen LogP contribution in [0.5, 0.6) is 0 Å². The van der Waals surface area contributed by atoms with Crippen molar-refractivity contribution in [2.24, 2.45) is 0 Å². The SMILES string of the molecule is CN1CCOC(CNC(=O)Cc2ccc(Cl)cc2Cl)C1. The third-order valence-electron chi connectivity index (χ3n) is 3.23. The van der Waals surface area contributed by atoms with Crippen molar-refractivity contribution in [3.63, 3.8) is 0 Å². The van der Waals surface area contributed by atoms with Crippen LogP contribution in [-0.2, 0) is 16.0 Å². The maximum atomic E-state index is 11.9. The van der Waals surface area contributed by atoms with Crippen LogP contribution in [0.4, 0.5) is 0 Å². The summed E-state index contributed by atoms with van der Waals surface area (Å²) < 4.78 is 5.59. The zero-order valence-corrected chi connectivity index (χ0v) is 12.9. The second-order valence-corrected chi connectivity index (χ2v) is 5.82. The van der Waals surface area contributed by atoms with Crippen molar-refractivity contribution in [3.05, 3.63) is 33.8 Å². The molecule has 1 aromatic rings. The lowest BCUT2D eigenvalue weighted by Crippen LogP contribution is -2.46. The van der Waals surface area contributed by atoms with E-state index >= 15 is 0 Å². The topological polar surface area (TPSA) is 41.6 Å². The average Bonchev–Trinajstić information content (AvgIpc) is 2.40. The summed E-state index contributed by atoms with van der Waals surface area (Å²) in [6, 6.07) is 5.15. The van der Waals surface area contributed by atoms with Crippen molar-refractivity contribution in [2.45, 2.75) is 12.5 Å². The molecule has 1 unspecified atom stereocenters. The number of hydrogen-bond donors (Lipinski definition) is 1. The van der Waals surface area contributed by atoms with Gasteiger partial charge in [-0.15, -0.1) is 0 Å². The van der Waals surface area contributed by atoms with Gasteiger partial charge in [-0.1, -0.05) is 29.3 Å². The van der Waals surface area contributed by atoms with E-state index in [9.17, 15) is 4.79 Å². The summed E-state index contributed by atoms with van der Waals surface area (Å²) in [6.07, 6.45) is 0.303. The maximum Gasteiger partial charge on any atom is 0.224 e. The highest BCUT2D eigenvalue weighted by molar-refractivity contribution is 6.35. The van der Waals surface area contributed by atoms with E-state index in [0.717, 1.165) is 18.7 Å². The van der Waals surface area contributed by atoms with E-state index in [2.05, 4.69) is 10.2 Å². The Balaban J connectivity index is 1.80. The molecular weight excluding hydrogens is 299 g/mol. The predicted octanol–water partition coefficient (Wildman–Crippen LogP) is 1.98. The molecular formula is C14H18Cl2N2O2. The highest BCUT2D eigenvalue weighted by Crippen LogP contribution is 2.21. The average molecular weight is 317 g/mol. The summed E-state index contributed by atoms with van der Waals surface area (Å²) in [5.41, 5.74) is 0.773. The molecule has 1 aliphatic heterocycles. The number of benzene rings is 1. The lowest BCUT2D eigenvalue weighted by molar-refractivity contribution is -0.121. The standard InChI is InChI=1S/C14H18Cl2N2O2/c1-18-4-5-20-12(9-18)8-17-14(19)6-10-2-3-11(15)7-13(10)16/h2-3,7,12H,4-6,8-9H2,1H3,(H,17,19). The highest BCUT2D eigenvalue weighted by Gasteiger charge is 2.18. The van der Waals surface area contributed by atoms with Crippen LogP contribution in [0.15, 0.2) is 18.2 Å². The molecule has 2 rings (SSSR count). The van der Waals surface area contributed by atoms with E-state index in [1.165, 1.54) is 0 Å². The Morgan fingerprint density at radius 2 is 2.30 bits per heavy atom. The Labute approximate surface area is 129 Å². The van der Waals surface area contributed by atoms with Crippen LogP contribution >= 0.6 is 23.2 Å². The fourth-order valence-corrected chi connectivity index (χ4v) is 2.59. The minimum atomic E-state index is -0.0638. The van der Waals surface area contributed by atoms with Gasteiger partial charge in [0.25, 0.3) is 0 Å². The maximum absolute atomic E-state index is 11.9. The molecule has 1 aromatic carbocycles. The predicted molar refractivity (Wildman–Crippen MR) is 80.4 cm³/mol. The molecule has 1 fully saturated rings. The molecule has 0 aromatic heterocycles. The number of ether oxygens (including phenoxy) is 1. The van der Waals surface area contributed by atoms with Gasteiger partial charge in [0, 0.05) is 29.7 Å². The van der Waals surface area contributed by atoms with E-state index in [1.807, 2.05) is 7.05 Å². The zero-order valence-electron chi connectivity index (χ0n) is 11.4. The van der Waals surface area contributed by atoms with Gasteiger partial charge in [-0.3, -0.25) is 4.79 Å². The minimum Gasteiger partial charge on any atom is -0.374 e. The molecule has 1 saturated heterocycles. The van der Waals surface area contributed by atoms with Gasteiger partial charge < -0.3 is 15.0 Å². The number of carbonyl (C=O) groups is 1. The Morgan fingerprint density at radius 1 is 1.50 bits per heavy atom. The minimum absolute atomic E-state index is 0.0541. The van der Waals surface area contributed by atoms with Gasteiger partial charge in [0.2, 0.25) is 5.91 Å². The van der Waals surface area contributed by atoms with Gasteiger partial charge in [-0.25, -0.2) is 0 Å². The molecule has 1 N–H and O–H groups in total. The number of amides is 1. The molecule has 6 heteroatoms. The first kappa shape index (κ1) is 15.6. The highest BCUT2D eigenvalue weighted by atomic mass is 35.5. The van der Waals surface area contributed by atoms with Crippen molar-refractivity contribution in [3.8, 4) is 0 Å². The monoisotopic (exact) mass is 316 g/mol. The van der Waals surface area contributed by atoms with Gasteiger partial charge in [-0.2, -0.15) is 0 Å². The normalized spacial score (nSPS) is 19.9. The molecule has 110 valence electrons. The zero-order chi connectivity index (χ0) is 14.5. The van der Waals surface area contributed by atoms with E-state index in [0.29, 0.717) is 23.2 Å². The summed E-state index contributed by atoms with van der Waals surface area (Å²) in [7, 11) is 2.05. The Bertz CT molecular complexity index is 482. The Hall–Kier alpha value is -0.810. The van der Waals surface area contributed by atoms with Crippen LogP contribution in [0.3, 0.4) is 0 Å². The fraction of sp³-hybridized carbons (Fsp3) is 0.500. The third-order valence-corrected chi connectivity index (χ3v) is 3.82. The molecule has 20 heavy (non-hydrogen) atoms. The van der Waals surface area contributed by atoms with Crippen LogP contribution in [0, 0.1) is 0 Å². The molecule has 0 spiro atoms. The molecule has 4 nitrogen and oxygen atoms in total. The molecule has 0 aliphatic carbocycles. The summed E-state index contributed by atoms with van der Waals surface area (Å²) in [5.74, 6) is -0.0638. The van der Waals surface area contributed by atoms with Gasteiger partial charge in [-0.05, 0) is 24.7 Å². The number of rotatable bonds is 4. The number of nitrogens with one attached hydrogen (secondary N) is 1. The van der Waals surface area contributed by atoms with Crippen molar-refractivity contribution >= 4 is 29.1 Å². The van der Waals surface area contributed by atoms with Crippen LogP contribution in [0.25, 0.3) is 0 Å². The lowest BCUT2D eigenvalue weighted by Gasteiger charge is -2.30. The molecule has 1 heterocycles. The van der Waals surface area contributed by atoms with Crippen LogP contribution in [0.2, 0.25) is 10.0 Å². The van der Waals surface area contributed by atoms with Crippen molar-refractivity contribution in [1.82, 2.24) is 10.2 Å². The van der Waals surface area contributed by atoms with Gasteiger partial charge in [0.15, 0.2) is 0 Å². The van der Waals surface area contributed by atoms with E-state index < -0.39 is 0 Å². The van der Waals surface area contributed by atoms with Crippen LogP contribution in [0.1, 0.15) is 5.56 Å². The molecule has 1 aliphatic rings. The van der Waals surface area contributed by atoms with Crippen LogP contribution < -0.4 is 5.32 Å². The summed E-state index contributed by atoms with van der Waals surface area (Å²) in [4.78, 5) is 14.1. The number of likely N-dealkylation sites (N-methyl/N-ethyl adjacent to an activating group) is 1. The first-order chi connectivity index (χ1) is 9.54. The number of hydrogen-bond acceptors (Lipinski definition) is 3. The molecule has 0 saturated carbocycles. The number of halogens is 2. The van der Waals surface area contributed by atoms with Gasteiger partial charge >= 0.3 is 0 Å². The van der Waals surface area contributed by atoms with Crippen LogP contribution in [-0.4, -0.2) is 50.2 Å². The Morgan fingerprint density at radius 3 is 3.00 bits per heavy atom. The van der Waals surface area contributed by atoms with Crippen molar-refractivity contribution in [1.29, 1.82) is 0 Å². The fourth-order valence-electron chi connectivity index (χ4n) is 2.12. The molecule has 0 radical (unpaired) electrons. The molecule has 0 bridgehead atoms. The second-order valence-electron chi connectivity index (χ2n) is 4.97. The first-order valence-electron chi connectivity index (χ1n) is 6.55. The van der Waals surface area contributed by atoms with Crippen molar-refractivity contribution in [2.75, 3.05) is 33.3 Å². The number of nitrogens with zero attached hydrogens (tertiary/aromatic N) is 1. The lowest BCUT2D eigenvalue weighted by atomic mass is 10.1. The summed E-state index contributed by atoms with van der Waals surface area (Å²) in [6.45, 7) is 3.00. The largest absolute Gasteiger partial charge is 0.374 e. The van der Waals surface area contributed by atoms with Gasteiger partial charge in [0.1, 0.15) is 0 Å². The van der Waals surface area contributed by atoms with E-state index in [1.54, 1.807) is 18.2 Å². The summed E-state index contributed by atoms with van der Waals surface area (Å²) >= 11 is 11.9. The second kappa shape index (κ2) is 7.27. The third kappa shape index (κ3) is 4.63. The van der Waals surface area contributed by atoms with Crippen molar-refractivity contribution < 1.29 is 9.53 Å². The number of carbonyl (C=O) groups excluding carboxylic acids is 1. The van der Waals surface area contributed by atoms with E-state index in [-0.39, 0.29) is 18.4 Å². The van der Waals surface area contributed by atoms with Gasteiger partial charge in [0.05, 0.1) is 19.1 Å².